The Balaban J connectivity index is 2.33. The van der Waals surface area contributed by atoms with Gasteiger partial charge in [0.2, 0.25) is 0 Å². The molecule has 1 aliphatic heterocycles. The van der Waals surface area contributed by atoms with Crippen molar-refractivity contribution in [1.82, 2.24) is 9.80 Å². The van der Waals surface area contributed by atoms with Crippen molar-refractivity contribution in [2.24, 2.45) is 0 Å². The van der Waals surface area contributed by atoms with Crippen LogP contribution < -0.4 is 0 Å². The smallest absolute Gasteiger partial charge is 0.320 e. The molecular formula is C15H22N2O2. The Morgan fingerprint density at radius 1 is 1.26 bits per heavy atom. The van der Waals surface area contributed by atoms with Gasteiger partial charge in [0, 0.05) is 20.1 Å². The van der Waals surface area contributed by atoms with Crippen LogP contribution in [0.3, 0.4) is 0 Å². The highest BCUT2D eigenvalue weighted by molar-refractivity contribution is 5.77. The van der Waals surface area contributed by atoms with Crippen LogP contribution in [-0.2, 0) is 0 Å². The van der Waals surface area contributed by atoms with Crippen LogP contribution in [0.25, 0.3) is 0 Å². The molecule has 2 amide bonds. The van der Waals surface area contributed by atoms with E-state index in [1.54, 1.807) is 9.80 Å². The van der Waals surface area contributed by atoms with E-state index in [0.717, 1.165) is 0 Å². The van der Waals surface area contributed by atoms with Gasteiger partial charge in [-0.2, -0.15) is 0 Å². The second kappa shape index (κ2) is 5.21. The summed E-state index contributed by atoms with van der Waals surface area (Å²) in [5.41, 5.74) is 5.04. The van der Waals surface area contributed by atoms with Crippen LogP contribution in [-0.4, -0.2) is 47.7 Å². The molecule has 0 bridgehead atoms. The van der Waals surface area contributed by atoms with Gasteiger partial charge in [-0.05, 0) is 43.0 Å². The second-order valence-electron chi connectivity index (χ2n) is 5.30. The number of benzene rings is 1. The van der Waals surface area contributed by atoms with Crippen LogP contribution >= 0.6 is 0 Å². The highest BCUT2D eigenvalue weighted by Crippen LogP contribution is 2.31. The lowest BCUT2D eigenvalue weighted by molar-refractivity contribution is 0.182. The zero-order valence-electron chi connectivity index (χ0n) is 12.1. The van der Waals surface area contributed by atoms with Gasteiger partial charge in [0.1, 0.15) is 0 Å². The third kappa shape index (κ3) is 2.32. The number of hydrogen-bond donors (Lipinski definition) is 1. The van der Waals surface area contributed by atoms with E-state index in [1.807, 2.05) is 7.05 Å². The lowest BCUT2D eigenvalue weighted by Gasteiger charge is -2.21. The van der Waals surface area contributed by atoms with E-state index in [4.69, 9.17) is 5.11 Å². The van der Waals surface area contributed by atoms with E-state index in [0.29, 0.717) is 13.1 Å². The maximum Gasteiger partial charge on any atom is 0.320 e. The monoisotopic (exact) mass is 262 g/mol. The molecule has 0 spiro atoms. The first-order valence-electron chi connectivity index (χ1n) is 6.66. The third-order valence-corrected chi connectivity index (χ3v) is 4.26. The van der Waals surface area contributed by atoms with E-state index in [1.165, 1.54) is 22.3 Å². The standard InChI is InChI=1S/C15H22N2O2/c1-10-5-6-13(12(3)11(10)2)14-9-17(7-8-18)15(19)16(14)4/h5-6,14,18H,7-9H2,1-4H3. The van der Waals surface area contributed by atoms with Gasteiger partial charge < -0.3 is 14.9 Å². The number of aliphatic hydroxyl groups excluding tert-OH is 1. The van der Waals surface area contributed by atoms with E-state index in [2.05, 4.69) is 32.9 Å². The molecule has 1 aromatic rings. The number of amides is 2. The molecule has 4 heteroatoms. The fourth-order valence-electron chi connectivity index (χ4n) is 2.72. The topological polar surface area (TPSA) is 43.8 Å². The van der Waals surface area contributed by atoms with Crippen molar-refractivity contribution < 1.29 is 9.90 Å². The summed E-state index contributed by atoms with van der Waals surface area (Å²) < 4.78 is 0. The minimum atomic E-state index is -0.00308. The Bertz CT molecular complexity index is 499. The highest BCUT2D eigenvalue weighted by atomic mass is 16.3. The highest BCUT2D eigenvalue weighted by Gasteiger charge is 2.35. The number of aliphatic hydroxyl groups is 1. The van der Waals surface area contributed by atoms with Gasteiger partial charge in [0.25, 0.3) is 0 Å². The number of nitrogens with zero attached hydrogens (tertiary/aromatic N) is 2. The van der Waals surface area contributed by atoms with Crippen molar-refractivity contribution in [2.45, 2.75) is 26.8 Å². The Labute approximate surface area is 114 Å². The average Bonchev–Trinajstić information content (AvgIpc) is 2.65. The summed E-state index contributed by atoms with van der Waals surface area (Å²) in [4.78, 5) is 15.6. The molecule has 0 saturated carbocycles. The van der Waals surface area contributed by atoms with Gasteiger partial charge in [-0.25, -0.2) is 4.79 Å². The summed E-state index contributed by atoms with van der Waals surface area (Å²) in [7, 11) is 1.83. The Hall–Kier alpha value is -1.55. The number of aryl methyl sites for hydroxylation is 1. The molecule has 0 aliphatic carbocycles. The van der Waals surface area contributed by atoms with Crippen LogP contribution in [0, 0.1) is 20.8 Å². The predicted octanol–water partition coefficient (Wildman–Crippen LogP) is 2.01. The molecule has 1 aliphatic rings. The van der Waals surface area contributed by atoms with Crippen molar-refractivity contribution in [3.05, 3.63) is 34.4 Å². The number of likely N-dealkylation sites (N-methyl/N-ethyl adjacent to an activating group) is 1. The lowest BCUT2D eigenvalue weighted by atomic mass is 9.94. The predicted molar refractivity (Wildman–Crippen MR) is 75.2 cm³/mol. The number of hydrogen-bond acceptors (Lipinski definition) is 2. The minimum absolute atomic E-state index is 0.00308. The first-order valence-corrected chi connectivity index (χ1v) is 6.66. The average molecular weight is 262 g/mol. The summed E-state index contributed by atoms with van der Waals surface area (Å²) in [6, 6.07) is 4.31. The molecule has 19 heavy (non-hydrogen) atoms. The second-order valence-corrected chi connectivity index (χ2v) is 5.30. The van der Waals surface area contributed by atoms with Crippen molar-refractivity contribution in [2.75, 3.05) is 26.7 Å². The molecule has 1 saturated heterocycles. The molecule has 1 fully saturated rings. The van der Waals surface area contributed by atoms with Crippen molar-refractivity contribution in [1.29, 1.82) is 0 Å². The Kier molecular flexibility index (Phi) is 3.80. The molecule has 0 aromatic heterocycles. The van der Waals surface area contributed by atoms with Crippen molar-refractivity contribution in [3.63, 3.8) is 0 Å². The zero-order chi connectivity index (χ0) is 14.2. The maximum atomic E-state index is 12.1. The number of carbonyl (C=O) groups is 1. The Morgan fingerprint density at radius 2 is 1.95 bits per heavy atom. The summed E-state index contributed by atoms with van der Waals surface area (Å²) in [5, 5.41) is 9.01. The summed E-state index contributed by atoms with van der Waals surface area (Å²) in [6.45, 7) is 7.41. The quantitative estimate of drug-likeness (QED) is 0.905. The van der Waals surface area contributed by atoms with E-state index < -0.39 is 0 Å². The van der Waals surface area contributed by atoms with Crippen LogP contribution in [0.2, 0.25) is 0 Å². The minimum Gasteiger partial charge on any atom is -0.395 e. The molecule has 4 nitrogen and oxygen atoms in total. The molecule has 1 heterocycles. The molecule has 1 aromatic carbocycles. The molecule has 1 N–H and O–H groups in total. The van der Waals surface area contributed by atoms with Crippen LogP contribution in [0.5, 0.6) is 0 Å². The fraction of sp³-hybridized carbons (Fsp3) is 0.533. The van der Waals surface area contributed by atoms with E-state index >= 15 is 0 Å². The first-order chi connectivity index (χ1) is 8.97. The van der Waals surface area contributed by atoms with E-state index in [-0.39, 0.29) is 18.7 Å². The number of urea groups is 1. The molecule has 1 atom stereocenters. The molecule has 2 rings (SSSR count). The third-order valence-electron chi connectivity index (χ3n) is 4.26. The fourth-order valence-corrected chi connectivity index (χ4v) is 2.72. The van der Waals surface area contributed by atoms with Crippen molar-refractivity contribution >= 4 is 6.03 Å². The van der Waals surface area contributed by atoms with Gasteiger partial charge in [-0.1, -0.05) is 12.1 Å². The van der Waals surface area contributed by atoms with Crippen LogP contribution in [0.15, 0.2) is 12.1 Å². The van der Waals surface area contributed by atoms with Gasteiger partial charge in [0.15, 0.2) is 0 Å². The Morgan fingerprint density at radius 3 is 2.58 bits per heavy atom. The lowest BCUT2D eigenvalue weighted by Crippen LogP contribution is -2.31. The van der Waals surface area contributed by atoms with Crippen molar-refractivity contribution in [3.8, 4) is 0 Å². The molecule has 0 radical (unpaired) electrons. The van der Waals surface area contributed by atoms with Gasteiger partial charge in [-0.15, -0.1) is 0 Å². The summed E-state index contributed by atoms with van der Waals surface area (Å²) in [5.74, 6) is 0. The van der Waals surface area contributed by atoms with Crippen LogP contribution in [0.4, 0.5) is 4.79 Å². The zero-order valence-corrected chi connectivity index (χ0v) is 12.1. The SMILES string of the molecule is Cc1ccc(C2CN(CCO)C(=O)N2C)c(C)c1C. The molecule has 1 unspecified atom stereocenters. The summed E-state index contributed by atoms with van der Waals surface area (Å²) >= 11 is 0. The maximum absolute atomic E-state index is 12.1. The summed E-state index contributed by atoms with van der Waals surface area (Å²) in [6.07, 6.45) is 0. The molecular weight excluding hydrogens is 240 g/mol. The van der Waals surface area contributed by atoms with Gasteiger partial charge >= 0.3 is 6.03 Å². The number of β-amino-alcohol motifs (C(OH)–C–C–N with tert-alkyl or cyclic N) is 1. The number of rotatable bonds is 3. The van der Waals surface area contributed by atoms with Gasteiger partial charge in [0.05, 0.1) is 12.6 Å². The normalized spacial score (nSPS) is 19.4. The molecule has 104 valence electrons. The largest absolute Gasteiger partial charge is 0.395 e. The number of carbonyl (C=O) groups excluding carboxylic acids is 1. The first kappa shape index (κ1) is 13.9. The van der Waals surface area contributed by atoms with Gasteiger partial charge in [-0.3, -0.25) is 0 Å². The van der Waals surface area contributed by atoms with E-state index in [9.17, 15) is 4.79 Å². The van der Waals surface area contributed by atoms with Crippen LogP contribution in [0.1, 0.15) is 28.3 Å².